The first-order valence-corrected chi connectivity index (χ1v) is 5.30. The van der Waals surface area contributed by atoms with E-state index < -0.39 is 5.97 Å². The van der Waals surface area contributed by atoms with Crippen molar-refractivity contribution in [2.45, 2.75) is 32.1 Å². The minimum atomic E-state index is -0.929. The molecule has 4 nitrogen and oxygen atoms in total. The fraction of sp³-hybridized carbons (Fsp3) is 0.500. The summed E-state index contributed by atoms with van der Waals surface area (Å²) in [4.78, 5) is 18.8. The molecule has 1 aliphatic rings. The topological polar surface area (TPSA) is 63.1 Å². The van der Waals surface area contributed by atoms with Gasteiger partial charge in [0.2, 0.25) is 0 Å². The van der Waals surface area contributed by atoms with Crippen LogP contribution in [0.1, 0.15) is 29.9 Å². The Balaban J connectivity index is 2.36. The number of nitrogens with zero attached hydrogens (tertiary/aromatic N) is 2. The van der Waals surface area contributed by atoms with Crippen LogP contribution in [0.4, 0.5) is 0 Å². The second-order valence-corrected chi connectivity index (χ2v) is 3.99. The van der Waals surface area contributed by atoms with Crippen molar-refractivity contribution in [1.82, 2.24) is 9.97 Å². The maximum absolute atomic E-state index is 10.5. The zero-order valence-electron chi connectivity index (χ0n) is 8.16. The largest absolute Gasteiger partial charge is 0.481 e. The fourth-order valence-corrected chi connectivity index (χ4v) is 2.11. The molecule has 80 valence electrons. The van der Waals surface area contributed by atoms with Crippen molar-refractivity contribution in [2.75, 3.05) is 0 Å². The lowest BCUT2D eigenvalue weighted by Crippen LogP contribution is -2.12. The summed E-state index contributed by atoms with van der Waals surface area (Å²) in [5.74, 6) is -0.616. The first-order valence-electron chi connectivity index (χ1n) is 4.93. The van der Waals surface area contributed by atoms with Gasteiger partial charge >= 0.3 is 5.97 Å². The highest BCUT2D eigenvalue weighted by atomic mass is 35.5. The number of halogens is 1. The van der Waals surface area contributed by atoms with Crippen LogP contribution in [0.3, 0.4) is 0 Å². The Kier molecular flexibility index (Phi) is 2.86. The number of carboxylic acids is 1. The van der Waals surface area contributed by atoms with Crippen molar-refractivity contribution < 1.29 is 9.90 Å². The molecule has 0 unspecified atom stereocenters. The summed E-state index contributed by atoms with van der Waals surface area (Å²) in [6.07, 6.45) is 3.82. The van der Waals surface area contributed by atoms with Crippen molar-refractivity contribution in [1.29, 1.82) is 0 Å². The molecule has 0 amide bonds. The number of rotatable bonds is 2. The number of carbonyl (C=O) groups is 1. The molecule has 0 saturated carbocycles. The summed E-state index contributed by atoms with van der Waals surface area (Å²) >= 11 is 5.99. The molecule has 15 heavy (non-hydrogen) atoms. The van der Waals surface area contributed by atoms with E-state index in [1.54, 1.807) is 0 Å². The molecule has 2 rings (SSSR count). The first-order chi connectivity index (χ1) is 7.16. The lowest BCUT2D eigenvalue weighted by Gasteiger charge is -2.15. The van der Waals surface area contributed by atoms with Crippen LogP contribution in [0, 0.1) is 0 Å². The van der Waals surface area contributed by atoms with Gasteiger partial charge in [-0.15, -0.1) is 0 Å². The Morgan fingerprint density at radius 2 is 2.07 bits per heavy atom. The third-order valence-corrected chi connectivity index (χ3v) is 2.80. The number of hydrogen-bond acceptors (Lipinski definition) is 3. The fourth-order valence-electron chi connectivity index (χ4n) is 1.81. The molecule has 0 radical (unpaired) electrons. The molecular formula is C10H11ClN2O2. The zero-order valence-corrected chi connectivity index (χ0v) is 8.92. The predicted octanol–water partition coefficient (Wildman–Crippen LogP) is 1.64. The van der Waals surface area contributed by atoms with Gasteiger partial charge in [0, 0.05) is 11.3 Å². The van der Waals surface area contributed by atoms with E-state index in [1.165, 1.54) is 0 Å². The average Bonchev–Trinajstić information content (AvgIpc) is 2.16. The Morgan fingerprint density at radius 3 is 2.80 bits per heavy atom. The number of aryl methyl sites for hydroxylation is 1. The maximum atomic E-state index is 10.5. The van der Waals surface area contributed by atoms with Crippen LogP contribution in [-0.4, -0.2) is 21.0 Å². The molecule has 0 saturated heterocycles. The number of aliphatic carboxylic acids is 1. The SMILES string of the molecule is O=C(O)Cc1nc(Cl)c2c(n1)CCCC2. The average molecular weight is 227 g/mol. The Hall–Kier alpha value is -1.16. The van der Waals surface area contributed by atoms with E-state index in [-0.39, 0.29) is 6.42 Å². The number of fused-ring (bicyclic) bond motifs is 1. The van der Waals surface area contributed by atoms with Gasteiger partial charge in [-0.3, -0.25) is 4.79 Å². The van der Waals surface area contributed by atoms with Crippen LogP contribution in [0.2, 0.25) is 5.15 Å². The lowest BCUT2D eigenvalue weighted by molar-refractivity contribution is -0.136. The van der Waals surface area contributed by atoms with E-state index in [1.807, 2.05) is 0 Å². The van der Waals surface area contributed by atoms with Crippen molar-refractivity contribution in [2.24, 2.45) is 0 Å². The minimum Gasteiger partial charge on any atom is -0.481 e. The van der Waals surface area contributed by atoms with E-state index in [0.29, 0.717) is 11.0 Å². The van der Waals surface area contributed by atoms with Crippen molar-refractivity contribution in [3.05, 3.63) is 22.2 Å². The van der Waals surface area contributed by atoms with Gasteiger partial charge in [0.15, 0.2) is 0 Å². The smallest absolute Gasteiger partial charge is 0.311 e. The lowest BCUT2D eigenvalue weighted by atomic mass is 9.97. The highest BCUT2D eigenvalue weighted by molar-refractivity contribution is 6.30. The summed E-state index contributed by atoms with van der Waals surface area (Å²) in [7, 11) is 0. The van der Waals surface area contributed by atoms with Gasteiger partial charge in [-0.25, -0.2) is 9.97 Å². The van der Waals surface area contributed by atoms with Crippen LogP contribution >= 0.6 is 11.6 Å². The van der Waals surface area contributed by atoms with Gasteiger partial charge in [0.25, 0.3) is 0 Å². The van der Waals surface area contributed by atoms with Gasteiger partial charge in [-0.05, 0) is 25.7 Å². The zero-order chi connectivity index (χ0) is 10.8. The molecule has 1 aromatic heterocycles. The van der Waals surface area contributed by atoms with Crippen LogP contribution in [-0.2, 0) is 24.1 Å². The molecule has 1 aromatic rings. The Bertz CT molecular complexity index is 407. The Labute approximate surface area is 92.3 Å². The Morgan fingerprint density at radius 1 is 1.33 bits per heavy atom. The minimum absolute atomic E-state index is 0.160. The second kappa shape index (κ2) is 4.14. The van der Waals surface area contributed by atoms with E-state index in [0.717, 1.165) is 36.9 Å². The molecule has 0 aliphatic heterocycles. The van der Waals surface area contributed by atoms with E-state index >= 15 is 0 Å². The molecule has 0 fully saturated rings. The molecule has 1 N–H and O–H groups in total. The molecule has 1 aliphatic carbocycles. The maximum Gasteiger partial charge on any atom is 0.311 e. The van der Waals surface area contributed by atoms with Crippen LogP contribution in [0.25, 0.3) is 0 Å². The van der Waals surface area contributed by atoms with Gasteiger partial charge in [-0.2, -0.15) is 0 Å². The van der Waals surface area contributed by atoms with E-state index in [9.17, 15) is 4.79 Å². The number of hydrogen-bond donors (Lipinski definition) is 1. The van der Waals surface area contributed by atoms with Gasteiger partial charge in [-0.1, -0.05) is 11.6 Å². The van der Waals surface area contributed by atoms with Crippen molar-refractivity contribution in [3.63, 3.8) is 0 Å². The quantitative estimate of drug-likeness (QED) is 0.779. The summed E-state index contributed by atoms with van der Waals surface area (Å²) in [6, 6.07) is 0. The summed E-state index contributed by atoms with van der Waals surface area (Å²) in [5, 5.41) is 9.07. The van der Waals surface area contributed by atoms with Crippen molar-refractivity contribution >= 4 is 17.6 Å². The summed E-state index contributed by atoms with van der Waals surface area (Å²) in [5.41, 5.74) is 1.93. The highest BCUT2D eigenvalue weighted by Gasteiger charge is 2.17. The number of carboxylic acid groups (broad SMARTS) is 1. The van der Waals surface area contributed by atoms with Crippen molar-refractivity contribution in [3.8, 4) is 0 Å². The molecule has 0 spiro atoms. The normalized spacial score (nSPS) is 14.7. The molecule has 1 heterocycles. The highest BCUT2D eigenvalue weighted by Crippen LogP contribution is 2.25. The predicted molar refractivity (Wildman–Crippen MR) is 55.0 cm³/mol. The standard InChI is InChI=1S/C10H11ClN2O2/c11-10-6-3-1-2-4-7(6)12-8(13-10)5-9(14)15/h1-5H2,(H,14,15). The monoisotopic (exact) mass is 226 g/mol. The van der Waals surface area contributed by atoms with Crippen LogP contribution in [0.15, 0.2) is 0 Å². The van der Waals surface area contributed by atoms with Crippen LogP contribution in [0.5, 0.6) is 0 Å². The molecule has 0 atom stereocenters. The molecule has 5 heteroatoms. The molecular weight excluding hydrogens is 216 g/mol. The van der Waals surface area contributed by atoms with Crippen LogP contribution < -0.4 is 0 Å². The third-order valence-electron chi connectivity index (χ3n) is 2.49. The summed E-state index contributed by atoms with van der Waals surface area (Å²) in [6.45, 7) is 0. The summed E-state index contributed by atoms with van der Waals surface area (Å²) < 4.78 is 0. The van der Waals surface area contributed by atoms with Gasteiger partial charge in [0.1, 0.15) is 17.4 Å². The third kappa shape index (κ3) is 2.26. The van der Waals surface area contributed by atoms with E-state index in [4.69, 9.17) is 16.7 Å². The number of aromatic nitrogens is 2. The molecule has 0 bridgehead atoms. The van der Waals surface area contributed by atoms with Gasteiger partial charge in [0.05, 0.1) is 0 Å². The van der Waals surface area contributed by atoms with Gasteiger partial charge < -0.3 is 5.11 Å². The first kappa shape index (κ1) is 10.4. The molecule has 0 aromatic carbocycles. The van der Waals surface area contributed by atoms with E-state index in [2.05, 4.69) is 9.97 Å². The second-order valence-electron chi connectivity index (χ2n) is 3.63.